The van der Waals surface area contributed by atoms with E-state index in [1.54, 1.807) is 0 Å². The van der Waals surface area contributed by atoms with Gasteiger partial charge < -0.3 is 15.3 Å². The number of carbonyl (C=O) groups is 1. The van der Waals surface area contributed by atoms with Gasteiger partial charge in [-0.15, -0.1) is 0 Å². The Morgan fingerprint density at radius 2 is 1.93 bits per heavy atom. The van der Waals surface area contributed by atoms with Crippen molar-refractivity contribution in [3.05, 3.63) is 0 Å². The lowest BCUT2D eigenvalue weighted by atomic mass is 10.1. The topological polar surface area (TPSA) is 52.6 Å². The van der Waals surface area contributed by atoms with Crippen LogP contribution in [0.1, 0.15) is 26.7 Å². The van der Waals surface area contributed by atoms with Crippen molar-refractivity contribution in [1.82, 2.24) is 10.2 Å². The van der Waals surface area contributed by atoms with Crippen LogP contribution in [0.4, 0.5) is 0 Å². The summed E-state index contributed by atoms with van der Waals surface area (Å²) in [5.41, 5.74) is 0. The number of carboxylic acids is 1. The predicted octanol–water partition coefficient (Wildman–Crippen LogP) is 0.779. The van der Waals surface area contributed by atoms with Crippen LogP contribution in [0.5, 0.6) is 0 Å². The van der Waals surface area contributed by atoms with Gasteiger partial charge in [0.05, 0.1) is 6.42 Å². The van der Waals surface area contributed by atoms with Gasteiger partial charge in [0.15, 0.2) is 0 Å². The van der Waals surface area contributed by atoms with Crippen LogP contribution in [0.2, 0.25) is 0 Å². The molecule has 2 N–H and O–H groups in total. The average molecular weight is 202 g/mol. The largest absolute Gasteiger partial charge is 0.481 e. The summed E-state index contributed by atoms with van der Waals surface area (Å²) >= 11 is 0. The highest BCUT2D eigenvalue weighted by Gasteiger charge is 2.10. The molecule has 0 spiro atoms. The molecule has 84 valence electrons. The van der Waals surface area contributed by atoms with Gasteiger partial charge in [-0.05, 0) is 40.9 Å². The highest BCUT2D eigenvalue weighted by Crippen LogP contribution is 1.97. The Labute approximate surface area is 86.3 Å². The van der Waals surface area contributed by atoms with E-state index in [-0.39, 0.29) is 12.5 Å². The van der Waals surface area contributed by atoms with Crippen LogP contribution < -0.4 is 5.32 Å². The fraction of sp³-hybridized carbons (Fsp3) is 0.900. The Hall–Kier alpha value is -0.610. The van der Waals surface area contributed by atoms with Gasteiger partial charge in [-0.25, -0.2) is 0 Å². The maximum absolute atomic E-state index is 10.4. The van der Waals surface area contributed by atoms with Crippen molar-refractivity contribution < 1.29 is 9.90 Å². The lowest BCUT2D eigenvalue weighted by molar-refractivity contribution is -0.137. The van der Waals surface area contributed by atoms with Crippen molar-refractivity contribution in [3.63, 3.8) is 0 Å². The minimum atomic E-state index is -0.746. The van der Waals surface area contributed by atoms with Crippen LogP contribution in [0, 0.1) is 0 Å². The third-order valence-electron chi connectivity index (χ3n) is 2.06. The molecule has 0 aliphatic heterocycles. The molecular formula is C10H22N2O2. The molecule has 0 aromatic heterocycles. The van der Waals surface area contributed by atoms with Crippen molar-refractivity contribution in [3.8, 4) is 0 Å². The summed E-state index contributed by atoms with van der Waals surface area (Å²) in [6, 6.07) is 0.413. The van der Waals surface area contributed by atoms with Crippen molar-refractivity contribution in [2.24, 2.45) is 0 Å². The zero-order valence-electron chi connectivity index (χ0n) is 9.58. The first-order valence-corrected chi connectivity index (χ1v) is 5.04. The predicted molar refractivity (Wildman–Crippen MR) is 57.5 cm³/mol. The Balaban J connectivity index is 3.59. The first kappa shape index (κ1) is 13.4. The summed E-state index contributed by atoms with van der Waals surface area (Å²) in [6.45, 7) is 5.01. The van der Waals surface area contributed by atoms with Gasteiger partial charge in [0.25, 0.3) is 0 Å². The highest BCUT2D eigenvalue weighted by atomic mass is 16.4. The molecule has 4 nitrogen and oxygen atoms in total. The third-order valence-corrected chi connectivity index (χ3v) is 2.06. The van der Waals surface area contributed by atoms with E-state index in [1.807, 2.05) is 21.0 Å². The van der Waals surface area contributed by atoms with Crippen LogP contribution in [0.3, 0.4) is 0 Å². The van der Waals surface area contributed by atoms with Crippen molar-refractivity contribution in [2.75, 3.05) is 20.6 Å². The second-order valence-corrected chi connectivity index (χ2v) is 4.16. The normalized spacial score (nSPS) is 15.5. The van der Waals surface area contributed by atoms with Crippen molar-refractivity contribution >= 4 is 5.97 Å². The molecule has 4 heteroatoms. The summed E-state index contributed by atoms with van der Waals surface area (Å²) in [5.74, 6) is -0.746. The Kier molecular flexibility index (Phi) is 6.49. The summed E-state index contributed by atoms with van der Waals surface area (Å²) in [5, 5.41) is 11.8. The van der Waals surface area contributed by atoms with Gasteiger partial charge in [0.2, 0.25) is 0 Å². The summed E-state index contributed by atoms with van der Waals surface area (Å²) < 4.78 is 0. The molecule has 0 heterocycles. The maximum atomic E-state index is 10.4. The Morgan fingerprint density at radius 3 is 2.36 bits per heavy atom. The fourth-order valence-electron chi connectivity index (χ4n) is 1.34. The second kappa shape index (κ2) is 6.79. The van der Waals surface area contributed by atoms with Crippen LogP contribution in [0.25, 0.3) is 0 Å². The molecule has 0 radical (unpaired) electrons. The number of nitrogens with zero attached hydrogens (tertiary/aromatic N) is 1. The van der Waals surface area contributed by atoms with Crippen molar-refractivity contribution in [1.29, 1.82) is 0 Å². The quantitative estimate of drug-likeness (QED) is 0.640. The number of carboxylic acid groups (broad SMARTS) is 1. The van der Waals surface area contributed by atoms with E-state index in [0.29, 0.717) is 6.04 Å². The smallest absolute Gasteiger partial charge is 0.304 e. The number of aliphatic carboxylic acids is 1. The van der Waals surface area contributed by atoms with E-state index in [2.05, 4.69) is 17.1 Å². The summed E-state index contributed by atoms with van der Waals surface area (Å²) in [7, 11) is 4.07. The van der Waals surface area contributed by atoms with Crippen LogP contribution in [-0.2, 0) is 4.79 Å². The molecule has 0 bridgehead atoms. The summed E-state index contributed by atoms with van der Waals surface area (Å²) in [6.07, 6.45) is 1.23. The number of rotatable bonds is 7. The molecule has 0 fully saturated rings. The molecule has 0 aromatic carbocycles. The molecule has 0 rings (SSSR count). The number of nitrogens with one attached hydrogen (secondary N) is 1. The lowest BCUT2D eigenvalue weighted by Gasteiger charge is -2.20. The first-order valence-electron chi connectivity index (χ1n) is 5.04. The molecule has 0 saturated heterocycles. The van der Waals surface area contributed by atoms with Gasteiger partial charge in [-0.1, -0.05) is 0 Å². The molecule has 2 unspecified atom stereocenters. The monoisotopic (exact) mass is 202 g/mol. The van der Waals surface area contributed by atoms with Gasteiger partial charge in [-0.3, -0.25) is 4.79 Å². The molecule has 0 saturated carbocycles. The van der Waals surface area contributed by atoms with Crippen LogP contribution >= 0.6 is 0 Å². The van der Waals surface area contributed by atoms with E-state index in [1.165, 1.54) is 0 Å². The number of hydrogen-bond donors (Lipinski definition) is 2. The standard InChI is InChI=1S/C10H22N2O2/c1-8(5-6-12(3)4)11-9(2)7-10(13)14/h8-9,11H,5-7H2,1-4H3,(H,13,14). The van der Waals surface area contributed by atoms with Crippen LogP contribution in [-0.4, -0.2) is 48.7 Å². The molecule has 0 aromatic rings. The molecule has 2 atom stereocenters. The molecule has 0 aliphatic rings. The minimum Gasteiger partial charge on any atom is -0.481 e. The zero-order chi connectivity index (χ0) is 11.1. The van der Waals surface area contributed by atoms with Crippen LogP contribution in [0.15, 0.2) is 0 Å². The summed E-state index contributed by atoms with van der Waals surface area (Å²) in [4.78, 5) is 12.5. The Morgan fingerprint density at radius 1 is 1.36 bits per heavy atom. The molecule has 0 amide bonds. The first-order chi connectivity index (χ1) is 6.41. The molecular weight excluding hydrogens is 180 g/mol. The van der Waals surface area contributed by atoms with Gasteiger partial charge in [0, 0.05) is 12.1 Å². The molecule has 14 heavy (non-hydrogen) atoms. The second-order valence-electron chi connectivity index (χ2n) is 4.16. The van der Waals surface area contributed by atoms with E-state index in [0.717, 1.165) is 13.0 Å². The van der Waals surface area contributed by atoms with E-state index in [4.69, 9.17) is 5.11 Å². The highest BCUT2D eigenvalue weighted by molar-refractivity contribution is 5.67. The average Bonchev–Trinajstić information content (AvgIpc) is 1.98. The van der Waals surface area contributed by atoms with E-state index >= 15 is 0 Å². The van der Waals surface area contributed by atoms with E-state index in [9.17, 15) is 4.79 Å². The van der Waals surface area contributed by atoms with Gasteiger partial charge >= 0.3 is 5.97 Å². The Bertz CT molecular complexity index is 172. The van der Waals surface area contributed by atoms with E-state index < -0.39 is 5.97 Å². The van der Waals surface area contributed by atoms with Gasteiger partial charge in [0.1, 0.15) is 0 Å². The molecule has 0 aliphatic carbocycles. The third kappa shape index (κ3) is 8.01. The number of hydrogen-bond acceptors (Lipinski definition) is 3. The maximum Gasteiger partial charge on any atom is 0.304 e. The SMILES string of the molecule is CC(CCN(C)C)NC(C)CC(=O)O. The van der Waals surface area contributed by atoms with Crippen molar-refractivity contribution in [2.45, 2.75) is 38.8 Å². The van der Waals surface area contributed by atoms with Gasteiger partial charge in [-0.2, -0.15) is 0 Å². The fourth-order valence-corrected chi connectivity index (χ4v) is 1.34. The zero-order valence-corrected chi connectivity index (χ0v) is 9.58. The minimum absolute atomic E-state index is 0.0460. The lowest BCUT2D eigenvalue weighted by Crippen LogP contribution is -2.37.